The van der Waals surface area contributed by atoms with Crippen LogP contribution in [0.3, 0.4) is 0 Å². The monoisotopic (exact) mass is 724 g/mol. The van der Waals surface area contributed by atoms with Gasteiger partial charge in [0, 0.05) is 43.5 Å². The molecular weight excluding hydrogens is 668 g/mol. The molecule has 0 amide bonds. The van der Waals surface area contributed by atoms with Crippen molar-refractivity contribution in [3.8, 4) is 34.8 Å². The van der Waals surface area contributed by atoms with E-state index in [1.807, 2.05) is 6.07 Å². The van der Waals surface area contributed by atoms with Crippen LogP contribution < -0.4 is 30.6 Å². The van der Waals surface area contributed by atoms with E-state index in [0.717, 1.165) is 60.2 Å². The average molecular weight is 725 g/mol. The highest BCUT2D eigenvalue weighted by molar-refractivity contribution is 5.79. The zero-order chi connectivity index (χ0) is 37.6. The van der Waals surface area contributed by atoms with Gasteiger partial charge in [-0.1, -0.05) is 68.2 Å². The lowest BCUT2D eigenvalue weighted by molar-refractivity contribution is -0.121. The number of methoxy groups -OCH3 is 1. The molecule has 2 aliphatic rings. The second kappa shape index (κ2) is 19.9. The van der Waals surface area contributed by atoms with Crippen LogP contribution in [0.5, 0.6) is 23.0 Å². The van der Waals surface area contributed by atoms with E-state index in [1.54, 1.807) is 12.1 Å². The second-order valence-corrected chi connectivity index (χ2v) is 14.5. The van der Waals surface area contributed by atoms with Gasteiger partial charge in [0.1, 0.15) is 12.5 Å². The predicted molar refractivity (Wildman–Crippen MR) is 209 cm³/mol. The summed E-state index contributed by atoms with van der Waals surface area (Å²) in [6, 6.07) is 15.9. The Morgan fingerprint density at radius 1 is 1.06 bits per heavy atom. The van der Waals surface area contributed by atoms with Gasteiger partial charge in [-0.3, -0.25) is 15.1 Å². The van der Waals surface area contributed by atoms with Gasteiger partial charge >= 0.3 is 0 Å². The summed E-state index contributed by atoms with van der Waals surface area (Å²) < 4.78 is 18.6. The molecule has 1 aliphatic heterocycles. The van der Waals surface area contributed by atoms with E-state index in [-0.39, 0.29) is 36.0 Å². The number of aliphatic hydroxyl groups is 1. The molecule has 53 heavy (non-hydrogen) atoms. The molecule has 3 aromatic carbocycles. The number of phenolic OH excluding ortho intramolecular Hbond substituents is 1. The van der Waals surface area contributed by atoms with Crippen molar-refractivity contribution in [2.24, 2.45) is 22.6 Å². The maximum Gasteiger partial charge on any atom is 0.188 e. The molecule has 0 aromatic heterocycles. The standard InChI is InChI=1S/C43H56N4O6/c1-29(2)26-47-43(44)46-22-20-31-23-38-33-15-18-36(49)25-35(48)17-14-32-16-19-39(50)41(51-3)37(32)13-7-12-34(24-33)40(42(38)52-27-31)53-28-45-21-8-11-30-9-5-4-6-10-30/h4-6,9-10,16,19,24,29,31,36,45,49-50H,8,11-12,14-15,17-18,20-23,25-28H2,1-3H3,(H3,44,46,47)/t31-,36-/m1/s1. The maximum absolute atomic E-state index is 13.0. The number of fused-ring (bicyclic) bond motifs is 5. The largest absolute Gasteiger partial charge is 0.504 e. The van der Waals surface area contributed by atoms with Gasteiger partial charge in [0.25, 0.3) is 0 Å². The zero-order valence-corrected chi connectivity index (χ0v) is 31.5. The molecule has 6 N–H and O–H groups in total. The molecule has 5 rings (SSSR count). The Kier molecular flexibility index (Phi) is 14.8. The second-order valence-electron chi connectivity index (χ2n) is 14.5. The van der Waals surface area contributed by atoms with E-state index in [1.165, 1.54) is 12.7 Å². The number of hydrogen-bond acceptors (Lipinski definition) is 8. The number of benzene rings is 3. The quantitative estimate of drug-likeness (QED) is 0.0524. The molecule has 1 heterocycles. The number of carbonyl (C=O) groups is 1. The lowest BCUT2D eigenvalue weighted by Gasteiger charge is -2.30. The average Bonchev–Trinajstić information content (AvgIpc) is 3.15. The zero-order valence-electron chi connectivity index (χ0n) is 31.5. The van der Waals surface area contributed by atoms with Crippen molar-refractivity contribution in [2.45, 2.75) is 84.2 Å². The lowest BCUT2D eigenvalue weighted by atomic mass is 9.86. The predicted octanol–water partition coefficient (Wildman–Crippen LogP) is 5.25. The number of nitrogens with zero attached hydrogens (tertiary/aromatic N) is 1. The van der Waals surface area contributed by atoms with Crippen LogP contribution in [0.15, 0.2) is 53.5 Å². The molecular formula is C43H56N4O6. The van der Waals surface area contributed by atoms with Crippen molar-refractivity contribution in [1.29, 1.82) is 0 Å². The first-order valence-electron chi connectivity index (χ1n) is 19.0. The minimum Gasteiger partial charge on any atom is -0.504 e. The Balaban J connectivity index is 1.42. The number of hydrogen-bond donors (Lipinski definition) is 5. The van der Waals surface area contributed by atoms with E-state index in [9.17, 15) is 15.0 Å². The number of guanidine groups is 1. The Bertz CT molecular complexity index is 1760. The summed E-state index contributed by atoms with van der Waals surface area (Å²) in [6.45, 7) is 7.19. The van der Waals surface area contributed by atoms with Crippen LogP contribution in [0.25, 0.3) is 0 Å². The van der Waals surface area contributed by atoms with Gasteiger partial charge in [-0.05, 0) is 86.1 Å². The number of aromatic hydroxyl groups is 1. The van der Waals surface area contributed by atoms with Gasteiger partial charge in [0.15, 0.2) is 29.0 Å². The molecule has 3 aromatic rings. The van der Waals surface area contributed by atoms with Crippen molar-refractivity contribution in [2.75, 3.05) is 40.1 Å². The summed E-state index contributed by atoms with van der Waals surface area (Å²) in [5, 5.41) is 28.3. The fraction of sp³-hybridized carbons (Fsp3) is 0.488. The van der Waals surface area contributed by atoms with E-state index >= 15 is 0 Å². The van der Waals surface area contributed by atoms with Gasteiger partial charge in [0.05, 0.1) is 25.4 Å². The summed E-state index contributed by atoms with van der Waals surface area (Å²) in [5.74, 6) is 9.33. The third-order valence-electron chi connectivity index (χ3n) is 9.73. The number of ketones is 1. The van der Waals surface area contributed by atoms with Crippen molar-refractivity contribution >= 4 is 11.7 Å². The molecule has 10 nitrogen and oxygen atoms in total. The van der Waals surface area contributed by atoms with E-state index < -0.39 is 6.10 Å². The molecule has 0 saturated heterocycles. The van der Waals surface area contributed by atoms with Crippen LogP contribution >= 0.6 is 0 Å². The molecule has 2 atom stereocenters. The number of ether oxygens (including phenoxy) is 3. The summed E-state index contributed by atoms with van der Waals surface area (Å²) in [4.78, 5) is 17.4. The fourth-order valence-electron chi connectivity index (χ4n) is 6.87. The number of Topliss-reactive ketones (excluding diaryl/α,β-unsaturated/α-hetero) is 1. The number of nitrogens with one attached hydrogen (secondary N) is 2. The van der Waals surface area contributed by atoms with Crippen LogP contribution in [0.4, 0.5) is 0 Å². The van der Waals surface area contributed by atoms with E-state index in [2.05, 4.69) is 71.6 Å². The number of phenols is 1. The summed E-state index contributed by atoms with van der Waals surface area (Å²) in [5.41, 5.74) is 11.8. The number of aliphatic imine (C=N–C) groups is 1. The fourth-order valence-corrected chi connectivity index (χ4v) is 6.87. The van der Waals surface area contributed by atoms with Crippen molar-refractivity contribution in [3.05, 3.63) is 81.9 Å². The number of nitrogens with two attached hydrogens (primary N) is 1. The molecule has 0 spiro atoms. The van der Waals surface area contributed by atoms with Crippen molar-refractivity contribution in [3.63, 3.8) is 0 Å². The molecule has 284 valence electrons. The minimum atomic E-state index is -0.773. The van der Waals surface area contributed by atoms with Gasteiger partial charge in [0.2, 0.25) is 0 Å². The number of rotatable bonds is 13. The smallest absolute Gasteiger partial charge is 0.188 e. The summed E-state index contributed by atoms with van der Waals surface area (Å²) in [6.07, 6.45) is 4.95. The first-order valence-corrected chi connectivity index (χ1v) is 19.0. The van der Waals surface area contributed by atoms with Gasteiger partial charge < -0.3 is 35.5 Å². The van der Waals surface area contributed by atoms with Gasteiger partial charge in [-0.25, -0.2) is 0 Å². The normalized spacial score (nSPS) is 17.7. The highest BCUT2D eigenvalue weighted by Crippen LogP contribution is 2.43. The van der Waals surface area contributed by atoms with Crippen LogP contribution in [-0.2, 0) is 36.9 Å². The maximum atomic E-state index is 13.0. The highest BCUT2D eigenvalue weighted by Gasteiger charge is 2.28. The minimum absolute atomic E-state index is 0.0117. The number of carbonyl (C=O) groups excluding carboxylic acids is 1. The first kappa shape index (κ1) is 39.5. The Hall–Kier alpha value is -4.72. The molecule has 2 bridgehead atoms. The molecule has 0 fully saturated rings. The molecule has 0 saturated carbocycles. The van der Waals surface area contributed by atoms with Gasteiger partial charge in [-0.2, -0.15) is 0 Å². The number of aliphatic hydroxyl groups excluding tert-OH is 1. The Morgan fingerprint density at radius 3 is 2.68 bits per heavy atom. The van der Waals surface area contributed by atoms with Crippen molar-refractivity contribution in [1.82, 2.24) is 10.6 Å². The molecule has 10 heteroatoms. The van der Waals surface area contributed by atoms with E-state index in [4.69, 9.17) is 19.9 Å². The third-order valence-corrected chi connectivity index (χ3v) is 9.73. The lowest BCUT2D eigenvalue weighted by Crippen LogP contribution is -2.35. The Morgan fingerprint density at radius 2 is 1.89 bits per heavy atom. The SMILES string of the molecule is COc1c(O)ccc2c1C#CCc1cc(c3c(c1OCNCCCc1ccccc1)OC[C@H](CCNC(N)=NCC(C)C)C3)CC[C@@H](O)CC(=O)CC2. The number of aryl methyl sites for hydroxylation is 3. The third kappa shape index (κ3) is 11.6. The molecule has 0 unspecified atom stereocenters. The van der Waals surface area contributed by atoms with Crippen LogP contribution in [0.2, 0.25) is 0 Å². The van der Waals surface area contributed by atoms with Crippen LogP contribution in [0, 0.1) is 23.7 Å². The summed E-state index contributed by atoms with van der Waals surface area (Å²) in [7, 11) is 1.50. The van der Waals surface area contributed by atoms with Crippen molar-refractivity contribution < 1.29 is 29.2 Å². The van der Waals surface area contributed by atoms with Crippen LogP contribution in [-0.4, -0.2) is 68.1 Å². The van der Waals surface area contributed by atoms with Crippen LogP contribution in [0.1, 0.15) is 79.3 Å². The molecule has 1 aliphatic carbocycles. The topological polar surface area (TPSA) is 148 Å². The summed E-state index contributed by atoms with van der Waals surface area (Å²) >= 11 is 0. The van der Waals surface area contributed by atoms with E-state index in [0.29, 0.717) is 75.3 Å². The first-order chi connectivity index (χ1) is 25.7. The Labute approximate surface area is 314 Å². The molecule has 0 radical (unpaired) electrons. The highest BCUT2D eigenvalue weighted by atomic mass is 16.5. The van der Waals surface area contributed by atoms with Gasteiger partial charge in [-0.15, -0.1) is 0 Å².